The maximum absolute atomic E-state index is 11.6. The van der Waals surface area contributed by atoms with Gasteiger partial charge in [0.25, 0.3) is 0 Å². The molecule has 0 fully saturated rings. The van der Waals surface area contributed by atoms with Crippen LogP contribution in [0.3, 0.4) is 0 Å². The summed E-state index contributed by atoms with van der Waals surface area (Å²) < 4.78 is 0. The summed E-state index contributed by atoms with van der Waals surface area (Å²) in [6.07, 6.45) is 2.42. The van der Waals surface area contributed by atoms with E-state index < -0.39 is 0 Å². The molecule has 96 valence electrons. The normalized spacial score (nSPS) is 16.6. The van der Waals surface area contributed by atoms with Crippen LogP contribution in [-0.4, -0.2) is 35.7 Å². The number of aliphatic hydroxyl groups excluding tert-OH is 1. The molecule has 0 aliphatic rings. The summed E-state index contributed by atoms with van der Waals surface area (Å²) >= 11 is 0. The molecule has 3 unspecified atom stereocenters. The van der Waals surface area contributed by atoms with Gasteiger partial charge in [-0.3, -0.25) is 4.79 Å². The molecule has 0 heterocycles. The molecule has 0 rings (SSSR count). The van der Waals surface area contributed by atoms with E-state index in [1.54, 1.807) is 6.92 Å². The van der Waals surface area contributed by atoms with Gasteiger partial charge in [-0.2, -0.15) is 0 Å². The molecule has 0 aliphatic carbocycles. The summed E-state index contributed by atoms with van der Waals surface area (Å²) in [4.78, 5) is 11.6. The predicted octanol–water partition coefficient (Wildman–Crippen LogP) is 1.04. The van der Waals surface area contributed by atoms with Gasteiger partial charge in [0, 0.05) is 12.6 Å². The highest BCUT2D eigenvalue weighted by molar-refractivity contribution is 5.81. The zero-order valence-electron chi connectivity index (χ0n) is 10.9. The van der Waals surface area contributed by atoms with Crippen LogP contribution < -0.4 is 10.6 Å². The molecule has 0 radical (unpaired) electrons. The zero-order chi connectivity index (χ0) is 12.6. The van der Waals surface area contributed by atoms with Crippen LogP contribution in [0, 0.1) is 0 Å². The maximum Gasteiger partial charge on any atom is 0.236 e. The monoisotopic (exact) mass is 230 g/mol. The fourth-order valence-electron chi connectivity index (χ4n) is 1.62. The third kappa shape index (κ3) is 7.65. The molecular weight excluding hydrogens is 204 g/mol. The predicted molar refractivity (Wildman–Crippen MR) is 66.3 cm³/mol. The first-order valence-corrected chi connectivity index (χ1v) is 6.19. The Balaban J connectivity index is 3.77. The van der Waals surface area contributed by atoms with Crippen LogP contribution in [0.1, 0.15) is 47.0 Å². The molecule has 4 heteroatoms. The van der Waals surface area contributed by atoms with Crippen LogP contribution in [-0.2, 0) is 4.79 Å². The fourth-order valence-corrected chi connectivity index (χ4v) is 1.62. The maximum atomic E-state index is 11.6. The zero-order valence-corrected chi connectivity index (χ0v) is 10.9. The van der Waals surface area contributed by atoms with Gasteiger partial charge in [0.2, 0.25) is 5.91 Å². The van der Waals surface area contributed by atoms with Crippen LogP contribution in [0.2, 0.25) is 0 Å². The van der Waals surface area contributed by atoms with E-state index >= 15 is 0 Å². The van der Waals surface area contributed by atoms with E-state index in [9.17, 15) is 9.90 Å². The summed E-state index contributed by atoms with van der Waals surface area (Å²) in [5.74, 6) is 0.0332. The highest BCUT2D eigenvalue weighted by atomic mass is 16.3. The Kier molecular flexibility index (Phi) is 8.21. The van der Waals surface area contributed by atoms with E-state index in [0.717, 1.165) is 19.4 Å². The summed E-state index contributed by atoms with van der Waals surface area (Å²) in [5, 5.41) is 15.3. The number of carbonyl (C=O) groups is 1. The Morgan fingerprint density at radius 2 is 1.94 bits per heavy atom. The Labute approximate surface area is 98.8 Å². The topological polar surface area (TPSA) is 61.4 Å². The number of hydrogen-bond acceptors (Lipinski definition) is 3. The Bertz CT molecular complexity index is 195. The van der Waals surface area contributed by atoms with Crippen molar-refractivity contribution in [1.82, 2.24) is 10.6 Å². The lowest BCUT2D eigenvalue weighted by Gasteiger charge is -2.20. The minimum absolute atomic E-state index is 0.0332. The molecule has 0 saturated carbocycles. The number of nitrogens with one attached hydrogen (secondary N) is 2. The van der Waals surface area contributed by atoms with Gasteiger partial charge < -0.3 is 15.7 Å². The van der Waals surface area contributed by atoms with Crippen molar-refractivity contribution in [2.75, 3.05) is 6.54 Å². The van der Waals surface area contributed by atoms with Crippen molar-refractivity contribution in [3.63, 3.8) is 0 Å². The van der Waals surface area contributed by atoms with Gasteiger partial charge in [0.05, 0.1) is 12.1 Å². The van der Waals surface area contributed by atoms with Crippen molar-refractivity contribution in [3.8, 4) is 0 Å². The smallest absolute Gasteiger partial charge is 0.236 e. The van der Waals surface area contributed by atoms with Crippen LogP contribution in [0.15, 0.2) is 0 Å². The van der Waals surface area contributed by atoms with Gasteiger partial charge in [-0.15, -0.1) is 0 Å². The van der Waals surface area contributed by atoms with Crippen molar-refractivity contribution in [2.45, 2.75) is 65.1 Å². The minimum Gasteiger partial charge on any atom is -0.393 e. The summed E-state index contributed by atoms with van der Waals surface area (Å²) in [6.45, 7) is 8.41. The molecule has 3 atom stereocenters. The first-order chi connectivity index (χ1) is 7.47. The van der Waals surface area contributed by atoms with Gasteiger partial charge in [0.1, 0.15) is 0 Å². The van der Waals surface area contributed by atoms with Gasteiger partial charge in [-0.1, -0.05) is 13.3 Å². The van der Waals surface area contributed by atoms with Crippen LogP contribution in [0.25, 0.3) is 0 Å². The van der Waals surface area contributed by atoms with Crippen LogP contribution >= 0.6 is 0 Å². The van der Waals surface area contributed by atoms with E-state index in [1.807, 2.05) is 13.8 Å². The molecule has 0 saturated heterocycles. The van der Waals surface area contributed by atoms with E-state index in [0.29, 0.717) is 6.42 Å². The molecular formula is C12H26N2O2. The van der Waals surface area contributed by atoms with Crippen molar-refractivity contribution in [2.24, 2.45) is 0 Å². The number of hydrogen-bond donors (Lipinski definition) is 3. The van der Waals surface area contributed by atoms with Gasteiger partial charge in [-0.25, -0.2) is 0 Å². The number of unbranched alkanes of at least 4 members (excludes halogenated alkanes) is 1. The second-order valence-electron chi connectivity index (χ2n) is 4.52. The third-order valence-corrected chi connectivity index (χ3v) is 2.45. The molecule has 1 amide bonds. The molecule has 3 N–H and O–H groups in total. The fraction of sp³-hybridized carbons (Fsp3) is 0.917. The largest absolute Gasteiger partial charge is 0.393 e. The van der Waals surface area contributed by atoms with Crippen molar-refractivity contribution in [1.29, 1.82) is 0 Å². The molecule has 0 aliphatic heterocycles. The van der Waals surface area contributed by atoms with Gasteiger partial charge >= 0.3 is 0 Å². The third-order valence-electron chi connectivity index (χ3n) is 2.45. The summed E-state index contributed by atoms with van der Waals surface area (Å²) in [6, 6.07) is -0.0578. The molecule has 16 heavy (non-hydrogen) atoms. The van der Waals surface area contributed by atoms with Crippen molar-refractivity contribution in [3.05, 3.63) is 0 Å². The van der Waals surface area contributed by atoms with E-state index in [1.165, 1.54) is 0 Å². The van der Waals surface area contributed by atoms with E-state index in [2.05, 4.69) is 17.6 Å². The Hall–Kier alpha value is -0.610. The SMILES string of the molecule is CCCCNC(=O)C(C)NC(C)CC(C)O. The second kappa shape index (κ2) is 8.53. The Morgan fingerprint density at radius 3 is 2.44 bits per heavy atom. The first-order valence-electron chi connectivity index (χ1n) is 6.19. The number of rotatable bonds is 8. The summed E-state index contributed by atoms with van der Waals surface area (Å²) in [5.41, 5.74) is 0. The van der Waals surface area contributed by atoms with Crippen LogP contribution in [0.5, 0.6) is 0 Å². The van der Waals surface area contributed by atoms with Crippen LogP contribution in [0.4, 0.5) is 0 Å². The quantitative estimate of drug-likeness (QED) is 0.546. The molecule has 0 aromatic rings. The summed E-state index contributed by atoms with van der Waals surface area (Å²) in [7, 11) is 0. The molecule has 0 aromatic carbocycles. The van der Waals surface area contributed by atoms with E-state index in [4.69, 9.17) is 0 Å². The van der Waals surface area contributed by atoms with Gasteiger partial charge in [0.15, 0.2) is 0 Å². The van der Waals surface area contributed by atoms with Gasteiger partial charge in [-0.05, 0) is 33.6 Å². The lowest BCUT2D eigenvalue weighted by atomic mass is 10.1. The molecule has 4 nitrogen and oxygen atoms in total. The minimum atomic E-state index is -0.335. The highest BCUT2D eigenvalue weighted by Crippen LogP contribution is 1.98. The standard InChI is InChI=1S/C12H26N2O2/c1-5-6-7-13-12(16)11(4)14-9(2)8-10(3)15/h9-11,14-15H,5-8H2,1-4H3,(H,13,16). The molecule has 0 aromatic heterocycles. The average Bonchev–Trinajstić information content (AvgIpc) is 2.16. The van der Waals surface area contributed by atoms with E-state index in [-0.39, 0.29) is 24.1 Å². The number of aliphatic hydroxyl groups is 1. The lowest BCUT2D eigenvalue weighted by molar-refractivity contribution is -0.123. The first kappa shape index (κ1) is 15.4. The second-order valence-corrected chi connectivity index (χ2v) is 4.52. The lowest BCUT2D eigenvalue weighted by Crippen LogP contribution is -2.46. The molecule has 0 bridgehead atoms. The number of amides is 1. The average molecular weight is 230 g/mol. The number of carbonyl (C=O) groups excluding carboxylic acids is 1. The van der Waals surface area contributed by atoms with Crippen molar-refractivity contribution >= 4 is 5.91 Å². The molecule has 0 spiro atoms. The Morgan fingerprint density at radius 1 is 1.31 bits per heavy atom. The highest BCUT2D eigenvalue weighted by Gasteiger charge is 2.15. The van der Waals surface area contributed by atoms with Crippen molar-refractivity contribution < 1.29 is 9.90 Å².